The Labute approximate surface area is 191 Å². The summed E-state index contributed by atoms with van der Waals surface area (Å²) in [5, 5.41) is 0. The van der Waals surface area contributed by atoms with E-state index in [4.69, 9.17) is 0 Å². The van der Waals surface area contributed by atoms with Crippen LogP contribution >= 0.6 is 0 Å². The van der Waals surface area contributed by atoms with Crippen LogP contribution in [0.4, 0.5) is 5.69 Å². The normalized spacial score (nSPS) is 17.2. The smallest absolute Gasteiger partial charge is 0.277 e. The monoisotopic (exact) mass is 431 g/mol. The van der Waals surface area contributed by atoms with Crippen LogP contribution in [0, 0.1) is 26.7 Å². The van der Waals surface area contributed by atoms with Gasteiger partial charge in [0.25, 0.3) is 11.8 Å². The third-order valence-corrected chi connectivity index (χ3v) is 6.54. The van der Waals surface area contributed by atoms with Gasteiger partial charge in [-0.05, 0) is 49.4 Å². The van der Waals surface area contributed by atoms with Crippen LogP contribution in [0.3, 0.4) is 0 Å². The van der Waals surface area contributed by atoms with Crippen LogP contribution in [-0.4, -0.2) is 54.3 Å². The van der Waals surface area contributed by atoms with Crippen molar-refractivity contribution in [1.82, 2.24) is 9.80 Å². The molecule has 0 spiro atoms. The average molecular weight is 432 g/mol. The molecular weight excluding hydrogens is 398 g/mol. The first kappa shape index (κ1) is 22.1. The number of amides is 2. The fraction of sp³-hybridized carbons (Fsp3) is 0.407. The fourth-order valence-electron chi connectivity index (χ4n) is 4.62. The Morgan fingerprint density at radius 2 is 1.44 bits per heavy atom. The molecular formula is C27H33N3O2. The van der Waals surface area contributed by atoms with Gasteiger partial charge in [0.15, 0.2) is 0 Å². The molecule has 5 heteroatoms. The minimum Gasteiger partial charge on any atom is -0.368 e. The number of hydrogen-bond donors (Lipinski definition) is 0. The molecule has 0 unspecified atom stereocenters. The lowest BCUT2D eigenvalue weighted by atomic mass is 10.0. The predicted octanol–water partition coefficient (Wildman–Crippen LogP) is 4.17. The van der Waals surface area contributed by atoms with Crippen LogP contribution in [0.2, 0.25) is 0 Å². The van der Waals surface area contributed by atoms with E-state index in [-0.39, 0.29) is 17.7 Å². The highest BCUT2D eigenvalue weighted by Gasteiger charge is 2.42. The molecule has 4 rings (SSSR count). The number of carbonyl (C=O) groups is 2. The van der Waals surface area contributed by atoms with Gasteiger partial charge in [-0.1, -0.05) is 55.8 Å². The molecule has 32 heavy (non-hydrogen) atoms. The third kappa shape index (κ3) is 4.04. The maximum atomic E-state index is 13.4. The van der Waals surface area contributed by atoms with Crippen molar-refractivity contribution in [2.75, 3.05) is 37.6 Å². The van der Waals surface area contributed by atoms with Gasteiger partial charge in [0.1, 0.15) is 5.70 Å². The fourth-order valence-corrected chi connectivity index (χ4v) is 4.62. The molecule has 0 radical (unpaired) electrons. The van der Waals surface area contributed by atoms with E-state index in [1.807, 2.05) is 45.0 Å². The van der Waals surface area contributed by atoms with Crippen LogP contribution in [-0.2, 0) is 9.59 Å². The Morgan fingerprint density at radius 1 is 0.812 bits per heavy atom. The van der Waals surface area contributed by atoms with Crippen LogP contribution in [0.15, 0.2) is 48.2 Å². The lowest BCUT2D eigenvalue weighted by molar-refractivity contribution is -0.138. The van der Waals surface area contributed by atoms with E-state index in [1.165, 1.54) is 21.7 Å². The number of benzene rings is 2. The van der Waals surface area contributed by atoms with E-state index < -0.39 is 0 Å². The summed E-state index contributed by atoms with van der Waals surface area (Å²) >= 11 is 0. The van der Waals surface area contributed by atoms with Crippen molar-refractivity contribution in [2.24, 2.45) is 5.92 Å². The molecule has 0 saturated carbocycles. The molecule has 1 saturated heterocycles. The number of imide groups is 1. The van der Waals surface area contributed by atoms with Crippen molar-refractivity contribution < 1.29 is 9.59 Å². The summed E-state index contributed by atoms with van der Waals surface area (Å²) in [5.41, 5.74) is 6.93. The lowest BCUT2D eigenvalue weighted by Gasteiger charge is -2.38. The second-order valence-corrected chi connectivity index (χ2v) is 9.40. The maximum Gasteiger partial charge on any atom is 0.277 e. The molecule has 2 amide bonds. The quantitative estimate of drug-likeness (QED) is 0.667. The van der Waals surface area contributed by atoms with Gasteiger partial charge in [-0.3, -0.25) is 14.5 Å². The Hall–Kier alpha value is -3.08. The van der Waals surface area contributed by atoms with Crippen molar-refractivity contribution >= 4 is 23.1 Å². The summed E-state index contributed by atoms with van der Waals surface area (Å²) < 4.78 is 0. The second kappa shape index (κ2) is 8.81. The number of hydrogen-bond acceptors (Lipinski definition) is 4. The maximum absolute atomic E-state index is 13.4. The molecule has 2 aromatic carbocycles. The summed E-state index contributed by atoms with van der Waals surface area (Å²) in [6.07, 6.45) is 0. The number of aryl methyl sites for hydroxylation is 2. The second-order valence-electron chi connectivity index (χ2n) is 9.40. The average Bonchev–Trinajstić information content (AvgIpc) is 3.01. The number of anilines is 1. The van der Waals surface area contributed by atoms with Gasteiger partial charge in [-0.2, -0.15) is 0 Å². The Bertz CT molecular complexity index is 1060. The van der Waals surface area contributed by atoms with Gasteiger partial charge in [0.05, 0.1) is 5.57 Å². The molecule has 0 aliphatic carbocycles. The first-order valence-electron chi connectivity index (χ1n) is 11.5. The SMILES string of the molecule is Cc1ccc(C2=C(N3CCN(c4cccc(C)c4C)CC3)C(=O)N(CC(C)C)C2=O)cc1. The molecule has 2 heterocycles. The molecule has 2 aromatic rings. The summed E-state index contributed by atoms with van der Waals surface area (Å²) in [6.45, 7) is 13.9. The van der Waals surface area contributed by atoms with Gasteiger partial charge in [0.2, 0.25) is 0 Å². The van der Waals surface area contributed by atoms with E-state index in [0.717, 1.165) is 24.2 Å². The van der Waals surface area contributed by atoms with Gasteiger partial charge in [0, 0.05) is 38.4 Å². The van der Waals surface area contributed by atoms with E-state index in [0.29, 0.717) is 30.9 Å². The largest absolute Gasteiger partial charge is 0.368 e. The number of carbonyl (C=O) groups excluding carboxylic acids is 2. The van der Waals surface area contributed by atoms with Gasteiger partial charge < -0.3 is 9.80 Å². The molecule has 0 N–H and O–H groups in total. The number of nitrogens with zero attached hydrogens (tertiary/aromatic N) is 3. The zero-order chi connectivity index (χ0) is 23.0. The molecule has 2 aliphatic rings. The molecule has 5 nitrogen and oxygen atoms in total. The van der Waals surface area contributed by atoms with Crippen molar-refractivity contribution in [1.29, 1.82) is 0 Å². The zero-order valence-corrected chi connectivity index (χ0v) is 19.8. The summed E-state index contributed by atoms with van der Waals surface area (Å²) in [7, 11) is 0. The van der Waals surface area contributed by atoms with Crippen molar-refractivity contribution in [3.63, 3.8) is 0 Å². The van der Waals surface area contributed by atoms with Crippen LogP contribution < -0.4 is 4.90 Å². The lowest BCUT2D eigenvalue weighted by Crippen LogP contribution is -2.48. The van der Waals surface area contributed by atoms with Crippen molar-refractivity contribution in [2.45, 2.75) is 34.6 Å². The standard InChI is InChI=1S/C27H33N3O2/c1-18(2)17-30-26(31)24(22-11-9-19(3)10-12-22)25(27(30)32)29-15-13-28(14-16-29)23-8-6-7-20(4)21(23)5/h6-12,18H,13-17H2,1-5H3. The van der Waals surface area contributed by atoms with E-state index in [9.17, 15) is 9.59 Å². The Morgan fingerprint density at radius 3 is 2.06 bits per heavy atom. The van der Waals surface area contributed by atoms with Gasteiger partial charge >= 0.3 is 0 Å². The summed E-state index contributed by atoms with van der Waals surface area (Å²) in [4.78, 5) is 32.8. The van der Waals surface area contributed by atoms with Crippen LogP contribution in [0.5, 0.6) is 0 Å². The topological polar surface area (TPSA) is 43.9 Å². The van der Waals surface area contributed by atoms with Crippen molar-refractivity contribution in [3.8, 4) is 0 Å². The Balaban J connectivity index is 1.64. The molecule has 0 bridgehead atoms. The van der Waals surface area contributed by atoms with Gasteiger partial charge in [-0.15, -0.1) is 0 Å². The number of rotatable bonds is 5. The highest BCUT2D eigenvalue weighted by Crippen LogP contribution is 2.33. The minimum absolute atomic E-state index is 0.153. The molecule has 0 aromatic heterocycles. The summed E-state index contributed by atoms with van der Waals surface area (Å²) in [5.74, 6) is -0.0957. The highest BCUT2D eigenvalue weighted by atomic mass is 16.2. The highest BCUT2D eigenvalue weighted by molar-refractivity contribution is 6.35. The first-order valence-corrected chi connectivity index (χ1v) is 11.5. The minimum atomic E-state index is -0.167. The third-order valence-electron chi connectivity index (χ3n) is 6.54. The van der Waals surface area contributed by atoms with E-state index >= 15 is 0 Å². The molecule has 1 fully saturated rings. The Kier molecular flexibility index (Phi) is 6.09. The summed E-state index contributed by atoms with van der Waals surface area (Å²) in [6, 6.07) is 14.3. The molecule has 2 aliphatic heterocycles. The van der Waals surface area contributed by atoms with E-state index in [1.54, 1.807) is 0 Å². The molecule has 168 valence electrons. The first-order chi connectivity index (χ1) is 15.3. The van der Waals surface area contributed by atoms with Crippen molar-refractivity contribution in [3.05, 3.63) is 70.4 Å². The zero-order valence-electron chi connectivity index (χ0n) is 19.8. The van der Waals surface area contributed by atoms with E-state index in [2.05, 4.69) is 41.8 Å². The van der Waals surface area contributed by atoms with Crippen LogP contribution in [0.1, 0.15) is 36.1 Å². The van der Waals surface area contributed by atoms with Gasteiger partial charge in [-0.25, -0.2) is 0 Å². The predicted molar refractivity (Wildman–Crippen MR) is 129 cm³/mol. The number of piperazine rings is 1. The molecule has 0 atom stereocenters. The van der Waals surface area contributed by atoms with Crippen LogP contribution in [0.25, 0.3) is 5.57 Å².